The molecule has 1 aromatic heterocycles. The van der Waals surface area contributed by atoms with E-state index < -0.39 is 55.9 Å². The summed E-state index contributed by atoms with van der Waals surface area (Å²) in [6.45, 7) is 1.09. The fourth-order valence-electron chi connectivity index (χ4n) is 5.16. The van der Waals surface area contributed by atoms with Crippen molar-refractivity contribution in [3.05, 3.63) is 138 Å². The zero-order chi connectivity index (χ0) is 37.9. The minimum absolute atomic E-state index is 0.00616. The topological polar surface area (TPSA) is 171 Å². The molecule has 0 fully saturated rings. The maximum Gasteiger partial charge on any atom is 0.407 e. The van der Waals surface area contributed by atoms with Crippen LogP contribution in [0.5, 0.6) is 0 Å². The van der Waals surface area contributed by atoms with E-state index in [1.807, 2.05) is 42.5 Å². The van der Waals surface area contributed by atoms with E-state index in [9.17, 15) is 23.7 Å². The maximum atomic E-state index is 14.6. The number of nitrogens with zero attached hydrogens (tertiary/aromatic N) is 1. The summed E-state index contributed by atoms with van der Waals surface area (Å²) in [6.07, 6.45) is 2.46. The highest BCUT2D eigenvalue weighted by Gasteiger charge is 2.42. The number of alkyl carbamates (subject to hydrolysis) is 1. The van der Waals surface area contributed by atoms with Crippen LogP contribution in [0.3, 0.4) is 0 Å². The molecule has 14 heteroatoms. The number of hydrogen-bond acceptors (Lipinski definition) is 10. The van der Waals surface area contributed by atoms with E-state index in [4.69, 9.17) is 18.5 Å². The van der Waals surface area contributed by atoms with E-state index in [0.717, 1.165) is 16.7 Å². The number of hydrogen-bond donors (Lipinski definition) is 3. The van der Waals surface area contributed by atoms with Gasteiger partial charge in [-0.25, -0.2) is 9.59 Å². The number of benzene rings is 3. The van der Waals surface area contributed by atoms with Crippen LogP contribution >= 0.6 is 7.60 Å². The van der Waals surface area contributed by atoms with Crippen molar-refractivity contribution in [2.24, 2.45) is 0 Å². The average Bonchev–Trinajstić information content (AvgIpc) is 3.18. The number of nitrogens with one attached hydrogen (secondary N) is 3. The van der Waals surface area contributed by atoms with E-state index in [-0.39, 0.29) is 26.1 Å². The number of rotatable bonds is 20. The van der Waals surface area contributed by atoms with Crippen LogP contribution < -0.4 is 16.0 Å². The van der Waals surface area contributed by atoms with Crippen LogP contribution in [-0.4, -0.2) is 67.1 Å². The number of carbonyl (C=O) groups excluding carboxylic acids is 4. The Balaban J connectivity index is 1.42. The molecule has 0 saturated carbocycles. The van der Waals surface area contributed by atoms with Gasteiger partial charge in [0.2, 0.25) is 11.8 Å². The van der Waals surface area contributed by atoms with E-state index in [0.29, 0.717) is 18.4 Å². The summed E-state index contributed by atoms with van der Waals surface area (Å²) in [6, 6.07) is 29.7. The Kier molecular flexibility index (Phi) is 16.2. The number of pyridine rings is 1. The largest absolute Gasteiger partial charge is 0.464 e. The summed E-state index contributed by atoms with van der Waals surface area (Å²) in [4.78, 5) is 55.7. The quantitative estimate of drug-likeness (QED) is 0.0626. The van der Waals surface area contributed by atoms with Crippen LogP contribution in [0.15, 0.2) is 116 Å². The van der Waals surface area contributed by atoms with Gasteiger partial charge < -0.3 is 29.9 Å². The Morgan fingerprint density at radius 1 is 0.736 bits per heavy atom. The van der Waals surface area contributed by atoms with Gasteiger partial charge >= 0.3 is 19.7 Å². The van der Waals surface area contributed by atoms with Gasteiger partial charge in [-0.05, 0) is 54.2 Å². The molecule has 3 amide bonds. The van der Waals surface area contributed by atoms with Gasteiger partial charge in [-0.2, -0.15) is 0 Å². The van der Waals surface area contributed by atoms with Crippen LogP contribution in [0.2, 0.25) is 0 Å². The maximum absolute atomic E-state index is 14.6. The van der Waals surface area contributed by atoms with Crippen molar-refractivity contribution in [3.63, 3.8) is 0 Å². The SMILES string of the molecule is COP(=O)(O[C@@H](Cc1ccccc1)C(=O)OCCCc1ccncc1)[C@H](Cc1ccccc1)NC(=O)[C@H](C)NC(=O)CNC(=O)OCc1ccccc1. The van der Waals surface area contributed by atoms with Crippen LogP contribution in [-0.2, 0) is 63.3 Å². The summed E-state index contributed by atoms with van der Waals surface area (Å²) >= 11 is 0. The van der Waals surface area contributed by atoms with Gasteiger partial charge in [0.1, 0.15) is 25.0 Å². The molecule has 0 aliphatic carbocycles. The van der Waals surface area contributed by atoms with E-state index in [1.54, 1.807) is 73.1 Å². The summed E-state index contributed by atoms with van der Waals surface area (Å²) < 4.78 is 36.9. The van der Waals surface area contributed by atoms with Crippen molar-refractivity contribution in [2.45, 2.75) is 57.1 Å². The highest BCUT2D eigenvalue weighted by atomic mass is 31.2. The summed E-state index contributed by atoms with van der Waals surface area (Å²) in [7, 11) is -3.14. The lowest BCUT2D eigenvalue weighted by Crippen LogP contribution is -2.51. The minimum atomic E-state index is -4.32. The molecule has 4 aromatic rings. The first kappa shape index (κ1) is 40.4. The molecule has 0 aliphatic rings. The fraction of sp³-hybridized carbons (Fsp3) is 0.308. The lowest BCUT2D eigenvalue weighted by Gasteiger charge is -2.30. The number of carbonyl (C=O) groups is 4. The second kappa shape index (κ2) is 21.2. The highest BCUT2D eigenvalue weighted by molar-refractivity contribution is 7.54. The molecule has 0 radical (unpaired) electrons. The van der Waals surface area contributed by atoms with E-state index >= 15 is 0 Å². The molecule has 0 aliphatic heterocycles. The number of aromatic nitrogens is 1. The van der Waals surface area contributed by atoms with Crippen LogP contribution in [0, 0.1) is 0 Å². The summed E-state index contributed by atoms with van der Waals surface area (Å²) in [5, 5.41) is 7.56. The third kappa shape index (κ3) is 13.9. The van der Waals surface area contributed by atoms with Gasteiger partial charge in [0.15, 0.2) is 6.10 Å². The zero-order valence-electron chi connectivity index (χ0n) is 29.7. The Morgan fingerprint density at radius 3 is 1.92 bits per heavy atom. The van der Waals surface area contributed by atoms with Crippen LogP contribution in [0.1, 0.15) is 35.6 Å². The van der Waals surface area contributed by atoms with Gasteiger partial charge in [-0.15, -0.1) is 0 Å². The Bertz CT molecular complexity index is 1780. The molecule has 3 N–H and O–H groups in total. The number of aryl methyl sites for hydroxylation is 1. The predicted molar refractivity (Wildman–Crippen MR) is 197 cm³/mol. The molecular formula is C39H45N4O9P. The first-order chi connectivity index (χ1) is 25.6. The monoisotopic (exact) mass is 744 g/mol. The smallest absolute Gasteiger partial charge is 0.407 e. The first-order valence-electron chi connectivity index (χ1n) is 17.2. The van der Waals surface area contributed by atoms with Gasteiger partial charge in [0.05, 0.1) is 6.61 Å². The Morgan fingerprint density at radius 2 is 1.32 bits per heavy atom. The molecule has 13 nitrogen and oxygen atoms in total. The summed E-state index contributed by atoms with van der Waals surface area (Å²) in [5.74, 6) is -3.37. The van der Waals surface area contributed by atoms with Crippen molar-refractivity contribution in [3.8, 4) is 0 Å². The zero-order valence-corrected chi connectivity index (χ0v) is 30.6. The highest BCUT2D eigenvalue weighted by Crippen LogP contribution is 2.54. The number of ether oxygens (including phenoxy) is 2. The lowest BCUT2D eigenvalue weighted by atomic mass is 10.1. The van der Waals surface area contributed by atoms with Gasteiger partial charge in [-0.3, -0.25) is 23.7 Å². The van der Waals surface area contributed by atoms with Crippen molar-refractivity contribution >= 4 is 31.5 Å². The third-order valence-corrected chi connectivity index (χ3v) is 10.1. The molecule has 4 rings (SSSR count). The van der Waals surface area contributed by atoms with Crippen molar-refractivity contribution in [1.29, 1.82) is 0 Å². The average molecular weight is 745 g/mol. The second-order valence-corrected chi connectivity index (χ2v) is 14.3. The van der Waals surface area contributed by atoms with Crippen LogP contribution in [0.25, 0.3) is 0 Å². The molecule has 1 heterocycles. The number of esters is 1. The molecule has 4 atom stereocenters. The van der Waals surface area contributed by atoms with Gasteiger partial charge in [0, 0.05) is 32.3 Å². The van der Waals surface area contributed by atoms with Gasteiger partial charge in [-0.1, -0.05) is 91.0 Å². The normalized spacial score (nSPS) is 13.7. The van der Waals surface area contributed by atoms with Gasteiger partial charge in [0.25, 0.3) is 0 Å². The molecule has 0 bridgehead atoms. The Labute approximate surface area is 309 Å². The fourth-order valence-corrected chi connectivity index (χ4v) is 6.88. The van der Waals surface area contributed by atoms with E-state index in [1.165, 1.54) is 14.0 Å². The molecule has 0 saturated heterocycles. The summed E-state index contributed by atoms with van der Waals surface area (Å²) in [5.41, 5.74) is 3.25. The molecule has 3 aromatic carbocycles. The third-order valence-electron chi connectivity index (χ3n) is 8.00. The molecule has 53 heavy (non-hydrogen) atoms. The molecule has 1 unspecified atom stereocenters. The predicted octanol–water partition coefficient (Wildman–Crippen LogP) is 5.14. The van der Waals surface area contributed by atoms with Crippen LogP contribution in [0.4, 0.5) is 4.79 Å². The number of amides is 3. The van der Waals surface area contributed by atoms with Crippen molar-refractivity contribution in [1.82, 2.24) is 20.9 Å². The Hall–Kier alpha value is -5.36. The first-order valence-corrected chi connectivity index (χ1v) is 18.8. The lowest BCUT2D eigenvalue weighted by molar-refractivity contribution is -0.152. The molecular weight excluding hydrogens is 699 g/mol. The minimum Gasteiger partial charge on any atom is -0.464 e. The van der Waals surface area contributed by atoms with Crippen molar-refractivity contribution < 1.29 is 42.3 Å². The second-order valence-electron chi connectivity index (χ2n) is 12.1. The van der Waals surface area contributed by atoms with E-state index in [2.05, 4.69) is 20.9 Å². The molecule has 0 spiro atoms. The van der Waals surface area contributed by atoms with Crippen molar-refractivity contribution in [2.75, 3.05) is 20.3 Å². The molecule has 280 valence electrons. The standard InChI is InChI=1S/C39H45N4O9P/c1-29(42-35(44)27-41-39(47)51-28-33-17-10-5-11-18-33)37(45)43-36(26-32-15-8-4-9-16-32)53(48,49-2)52-34(25-31-13-6-3-7-14-31)38(46)50-24-12-19-30-20-22-40-23-21-30/h3-11,13-18,20-23,29,34,36H,12,19,24-28H2,1-2H3,(H,41,47)(H,42,44)(H,43,45)/t29-,34-,36+,53?/m0/s1.